The molecule has 0 unspecified atom stereocenters. The topological polar surface area (TPSA) is 80.5 Å². The zero-order chi connectivity index (χ0) is 22.8. The van der Waals surface area contributed by atoms with E-state index in [2.05, 4.69) is 54.6 Å². The van der Waals surface area contributed by atoms with E-state index in [1.165, 1.54) is 6.33 Å². The molecule has 7 nitrogen and oxygen atoms in total. The monoisotopic (exact) mass is 439 g/mol. The summed E-state index contributed by atoms with van der Waals surface area (Å²) in [4.78, 5) is 16.9. The maximum Gasteiger partial charge on any atom is 0.319 e. The fourth-order valence-electron chi connectivity index (χ4n) is 3.13. The van der Waals surface area contributed by atoms with Gasteiger partial charge in [-0.05, 0) is 55.7 Å². The number of fused-ring (bicyclic) bond motifs is 1. The zero-order valence-electron chi connectivity index (χ0n) is 19.4. The highest BCUT2D eigenvalue weighted by Crippen LogP contribution is 2.40. The van der Waals surface area contributed by atoms with Gasteiger partial charge in [-0.25, -0.2) is 14.3 Å². The van der Waals surface area contributed by atoms with Crippen LogP contribution in [0.5, 0.6) is 0 Å². The second-order valence-electron chi connectivity index (χ2n) is 9.58. The molecular formula is C23H33N5O2Si. The Morgan fingerprint density at radius 2 is 1.94 bits per heavy atom. The molecule has 0 spiro atoms. The average Bonchev–Trinajstić information content (AvgIpc) is 3.12. The Labute approximate surface area is 185 Å². The van der Waals surface area contributed by atoms with Crippen molar-refractivity contribution in [1.82, 2.24) is 19.9 Å². The van der Waals surface area contributed by atoms with Gasteiger partial charge in [0.1, 0.15) is 6.33 Å². The molecule has 2 amide bonds. The summed E-state index contributed by atoms with van der Waals surface area (Å²) in [5, 5.41) is 10.3. The molecule has 0 bridgehead atoms. The molecule has 31 heavy (non-hydrogen) atoms. The smallest absolute Gasteiger partial charge is 0.319 e. The molecule has 0 aliphatic rings. The van der Waals surface area contributed by atoms with Gasteiger partial charge in [0, 0.05) is 17.4 Å². The molecule has 166 valence electrons. The second-order valence-corrected chi connectivity index (χ2v) is 14.3. The van der Waals surface area contributed by atoms with E-state index in [0.29, 0.717) is 0 Å². The standard InChI is InChI=1S/C23H33N5O2Si/c1-16-9-8-10-19(13-16)27-22(29)26-17(2)21(30-31(6,7)23(3,4)5)18-11-12-20-24-15-25-28(20)14-18/h8-15,17,21H,1-7H3,(H2,26,27,29)/t17-,21-/m1/s1. The predicted octanol–water partition coefficient (Wildman–Crippen LogP) is 5.31. The molecule has 0 saturated heterocycles. The Morgan fingerprint density at radius 1 is 1.19 bits per heavy atom. The Bertz CT molecular complexity index is 1060. The summed E-state index contributed by atoms with van der Waals surface area (Å²) >= 11 is 0. The molecule has 2 N–H and O–H groups in total. The zero-order valence-corrected chi connectivity index (χ0v) is 20.4. The van der Waals surface area contributed by atoms with Crippen molar-refractivity contribution in [3.8, 4) is 0 Å². The Balaban J connectivity index is 1.84. The second kappa shape index (κ2) is 8.80. The molecule has 8 heteroatoms. The van der Waals surface area contributed by atoms with Crippen LogP contribution in [0.1, 0.15) is 44.9 Å². The molecule has 0 radical (unpaired) electrons. The number of pyridine rings is 1. The van der Waals surface area contributed by atoms with Crippen LogP contribution >= 0.6 is 0 Å². The Morgan fingerprint density at radius 3 is 2.61 bits per heavy atom. The van der Waals surface area contributed by atoms with E-state index in [1.54, 1.807) is 4.52 Å². The van der Waals surface area contributed by atoms with Crippen LogP contribution < -0.4 is 10.6 Å². The third-order valence-electron chi connectivity index (χ3n) is 5.94. The van der Waals surface area contributed by atoms with Gasteiger partial charge in [0.05, 0.1) is 12.1 Å². The highest BCUT2D eigenvalue weighted by atomic mass is 28.4. The van der Waals surface area contributed by atoms with Crippen molar-refractivity contribution in [3.05, 3.63) is 60.0 Å². The lowest BCUT2D eigenvalue weighted by Gasteiger charge is -2.41. The van der Waals surface area contributed by atoms with Crippen LogP contribution in [0.15, 0.2) is 48.9 Å². The van der Waals surface area contributed by atoms with E-state index >= 15 is 0 Å². The summed E-state index contributed by atoms with van der Waals surface area (Å²) in [6.07, 6.45) is 3.13. The van der Waals surface area contributed by atoms with E-state index in [0.717, 1.165) is 22.5 Å². The molecule has 0 aliphatic heterocycles. The number of nitrogens with one attached hydrogen (secondary N) is 2. The van der Waals surface area contributed by atoms with Crippen LogP contribution in [0.4, 0.5) is 10.5 Å². The van der Waals surface area contributed by atoms with Crippen molar-refractivity contribution in [1.29, 1.82) is 0 Å². The minimum atomic E-state index is -2.11. The number of urea groups is 1. The van der Waals surface area contributed by atoms with Crippen molar-refractivity contribution in [3.63, 3.8) is 0 Å². The fraction of sp³-hybridized carbons (Fsp3) is 0.435. The van der Waals surface area contributed by atoms with Crippen molar-refractivity contribution in [2.45, 2.75) is 64.9 Å². The third-order valence-corrected chi connectivity index (χ3v) is 10.4. The first kappa shape index (κ1) is 23.0. The van der Waals surface area contributed by atoms with Gasteiger partial charge in [0.15, 0.2) is 14.0 Å². The van der Waals surface area contributed by atoms with Crippen LogP contribution in [-0.4, -0.2) is 35.0 Å². The number of aromatic nitrogens is 3. The normalized spacial score (nSPS) is 14.3. The molecule has 0 saturated carbocycles. The van der Waals surface area contributed by atoms with Gasteiger partial charge in [-0.15, -0.1) is 0 Å². The Kier molecular flexibility index (Phi) is 6.52. The molecule has 2 heterocycles. The number of benzene rings is 1. The summed E-state index contributed by atoms with van der Waals surface area (Å²) in [6, 6.07) is 11.1. The van der Waals surface area contributed by atoms with Crippen LogP contribution in [0.3, 0.4) is 0 Å². The highest BCUT2D eigenvalue weighted by Gasteiger charge is 2.41. The summed E-state index contributed by atoms with van der Waals surface area (Å²) in [6.45, 7) is 15.0. The number of anilines is 1. The molecule has 3 rings (SSSR count). The molecular weight excluding hydrogens is 406 g/mol. The number of carbonyl (C=O) groups is 1. The van der Waals surface area contributed by atoms with Crippen LogP contribution in [0.25, 0.3) is 5.65 Å². The predicted molar refractivity (Wildman–Crippen MR) is 127 cm³/mol. The number of aryl methyl sites for hydroxylation is 1. The quantitative estimate of drug-likeness (QED) is 0.510. The van der Waals surface area contributed by atoms with E-state index in [4.69, 9.17) is 4.43 Å². The van der Waals surface area contributed by atoms with Gasteiger partial charge in [0.2, 0.25) is 0 Å². The number of carbonyl (C=O) groups excluding carboxylic acids is 1. The fourth-order valence-corrected chi connectivity index (χ4v) is 4.46. The SMILES string of the molecule is Cc1cccc(NC(=O)N[C@H](C)[C@@H](O[Si](C)(C)C(C)(C)C)c2ccc3ncnn3c2)c1. The van der Waals surface area contributed by atoms with Crippen LogP contribution in [0, 0.1) is 6.92 Å². The van der Waals surface area contributed by atoms with Crippen LogP contribution in [-0.2, 0) is 4.43 Å². The van der Waals surface area contributed by atoms with E-state index in [-0.39, 0.29) is 23.2 Å². The molecule has 3 aromatic rings. The molecule has 2 atom stereocenters. The minimum absolute atomic E-state index is 0.0339. The molecule has 1 aromatic carbocycles. The average molecular weight is 440 g/mol. The van der Waals surface area contributed by atoms with E-state index in [1.807, 2.05) is 56.4 Å². The lowest BCUT2D eigenvalue weighted by atomic mass is 10.1. The van der Waals surface area contributed by atoms with E-state index in [9.17, 15) is 4.79 Å². The summed E-state index contributed by atoms with van der Waals surface area (Å²) in [5.41, 5.74) is 3.57. The summed E-state index contributed by atoms with van der Waals surface area (Å²) in [5.74, 6) is 0. The van der Waals surface area contributed by atoms with Gasteiger partial charge in [-0.2, -0.15) is 5.10 Å². The first-order valence-electron chi connectivity index (χ1n) is 10.6. The molecule has 0 fully saturated rings. The number of nitrogens with zero attached hydrogens (tertiary/aromatic N) is 3. The first-order valence-corrected chi connectivity index (χ1v) is 13.5. The van der Waals surface area contributed by atoms with Gasteiger partial charge in [-0.1, -0.05) is 39.0 Å². The highest BCUT2D eigenvalue weighted by molar-refractivity contribution is 6.74. The van der Waals surface area contributed by atoms with Gasteiger partial charge >= 0.3 is 6.03 Å². The summed E-state index contributed by atoms with van der Waals surface area (Å²) < 4.78 is 8.51. The van der Waals surface area contributed by atoms with Crippen molar-refractivity contribution in [2.24, 2.45) is 0 Å². The van der Waals surface area contributed by atoms with Crippen molar-refractivity contribution < 1.29 is 9.22 Å². The number of rotatable bonds is 6. The molecule has 0 aliphatic carbocycles. The third kappa shape index (κ3) is 5.51. The van der Waals surface area contributed by atoms with Crippen molar-refractivity contribution in [2.75, 3.05) is 5.32 Å². The van der Waals surface area contributed by atoms with E-state index < -0.39 is 8.32 Å². The maximum atomic E-state index is 12.7. The van der Waals surface area contributed by atoms with Gasteiger partial charge < -0.3 is 15.1 Å². The number of hydrogen-bond acceptors (Lipinski definition) is 4. The van der Waals surface area contributed by atoms with Gasteiger partial charge in [0.25, 0.3) is 0 Å². The Hall–Kier alpha value is -2.71. The van der Waals surface area contributed by atoms with Crippen molar-refractivity contribution >= 4 is 25.7 Å². The molecule has 2 aromatic heterocycles. The lowest BCUT2D eigenvalue weighted by molar-refractivity contribution is 0.146. The minimum Gasteiger partial charge on any atom is -0.408 e. The maximum absolute atomic E-state index is 12.7. The number of amides is 2. The number of hydrogen-bond donors (Lipinski definition) is 2. The lowest BCUT2D eigenvalue weighted by Crippen LogP contribution is -2.47. The van der Waals surface area contributed by atoms with Gasteiger partial charge in [-0.3, -0.25) is 0 Å². The largest absolute Gasteiger partial charge is 0.408 e. The summed E-state index contributed by atoms with van der Waals surface area (Å²) in [7, 11) is -2.11. The first-order chi connectivity index (χ1) is 14.5. The van der Waals surface area contributed by atoms with Crippen LogP contribution in [0.2, 0.25) is 18.1 Å².